The Balaban J connectivity index is 1.33. The minimum absolute atomic E-state index is 0.134. The summed E-state index contributed by atoms with van der Waals surface area (Å²) < 4.78 is 7.39. The van der Waals surface area contributed by atoms with E-state index in [9.17, 15) is 9.59 Å². The van der Waals surface area contributed by atoms with Crippen LogP contribution in [0.5, 0.6) is 5.75 Å². The number of aryl methyl sites for hydroxylation is 1. The van der Waals surface area contributed by atoms with E-state index in [1.165, 1.54) is 6.07 Å². The maximum Gasteiger partial charge on any atom is 0.254 e. The summed E-state index contributed by atoms with van der Waals surface area (Å²) in [6, 6.07) is 12.7. The third kappa shape index (κ3) is 4.22. The van der Waals surface area contributed by atoms with Crippen LogP contribution in [0.25, 0.3) is 22.0 Å². The summed E-state index contributed by atoms with van der Waals surface area (Å²) in [5, 5.41) is 10.4. The molecule has 2 N–H and O–H groups in total. The van der Waals surface area contributed by atoms with Gasteiger partial charge in [-0.1, -0.05) is 12.1 Å². The van der Waals surface area contributed by atoms with Gasteiger partial charge in [-0.2, -0.15) is 5.10 Å². The lowest BCUT2D eigenvalue weighted by atomic mass is 10.1. The molecule has 4 aromatic rings. The van der Waals surface area contributed by atoms with Crippen LogP contribution in [0, 0.1) is 0 Å². The molecule has 1 amide bonds. The predicted octanol–water partition coefficient (Wildman–Crippen LogP) is 3.12. The van der Waals surface area contributed by atoms with Crippen molar-refractivity contribution in [3.8, 4) is 16.9 Å². The van der Waals surface area contributed by atoms with Crippen molar-refractivity contribution in [2.45, 2.75) is 12.8 Å². The number of fused-ring (bicyclic) bond motifs is 1. The molecule has 0 saturated carbocycles. The fourth-order valence-electron chi connectivity index (χ4n) is 3.21. The largest absolute Gasteiger partial charge is 0.493 e. The molecule has 1 aromatic carbocycles. The number of rotatable bonds is 7. The van der Waals surface area contributed by atoms with E-state index in [2.05, 4.69) is 20.5 Å². The molecule has 0 bridgehead atoms. The van der Waals surface area contributed by atoms with Crippen molar-refractivity contribution in [3.63, 3.8) is 0 Å². The van der Waals surface area contributed by atoms with Crippen LogP contribution < -0.4 is 15.6 Å². The van der Waals surface area contributed by atoms with Gasteiger partial charge in [-0.3, -0.25) is 14.7 Å². The number of hydrogen-bond donors (Lipinski definition) is 2. The predicted molar refractivity (Wildman–Crippen MR) is 114 cm³/mol. The van der Waals surface area contributed by atoms with Crippen LogP contribution in [0.1, 0.15) is 12.8 Å². The van der Waals surface area contributed by atoms with E-state index < -0.39 is 0 Å². The molecule has 0 spiro atoms. The number of aromatic amines is 1. The minimum Gasteiger partial charge on any atom is -0.493 e. The van der Waals surface area contributed by atoms with Gasteiger partial charge in [0.1, 0.15) is 11.6 Å². The van der Waals surface area contributed by atoms with Crippen molar-refractivity contribution in [1.82, 2.24) is 19.7 Å². The van der Waals surface area contributed by atoms with Gasteiger partial charge in [-0.25, -0.2) is 4.98 Å². The third-order valence-electron chi connectivity index (χ3n) is 4.78. The number of H-pyrrole nitrogens is 1. The molecule has 3 heterocycles. The highest BCUT2D eigenvalue weighted by molar-refractivity contribution is 5.90. The molecule has 0 fully saturated rings. The number of carbonyl (C=O) groups excluding carboxylic acids is 1. The number of hydrogen-bond acceptors (Lipinski definition) is 5. The fraction of sp³-hybridized carbons (Fsp3) is 0.182. The fourth-order valence-corrected chi connectivity index (χ4v) is 3.21. The molecule has 0 radical (unpaired) electrons. The number of aromatic nitrogens is 4. The first-order chi connectivity index (χ1) is 14.6. The lowest BCUT2D eigenvalue weighted by molar-refractivity contribution is -0.116. The highest BCUT2D eigenvalue weighted by Crippen LogP contribution is 2.23. The highest BCUT2D eigenvalue weighted by atomic mass is 16.5. The number of nitrogens with zero attached hydrogens (tertiary/aromatic N) is 3. The molecule has 0 saturated heterocycles. The first kappa shape index (κ1) is 19.4. The molecular formula is C22H21N5O3. The lowest BCUT2D eigenvalue weighted by Gasteiger charge is -2.11. The van der Waals surface area contributed by atoms with E-state index in [-0.39, 0.29) is 17.9 Å². The normalized spacial score (nSPS) is 10.8. The van der Waals surface area contributed by atoms with Gasteiger partial charge in [0.25, 0.3) is 5.56 Å². The molecule has 8 heteroatoms. The Kier molecular flexibility index (Phi) is 5.56. The highest BCUT2D eigenvalue weighted by Gasteiger charge is 2.09. The number of pyridine rings is 2. The minimum atomic E-state index is -0.149. The molecule has 30 heavy (non-hydrogen) atoms. The third-order valence-corrected chi connectivity index (χ3v) is 4.78. The molecule has 0 unspecified atom stereocenters. The number of anilines is 1. The van der Waals surface area contributed by atoms with Crippen molar-refractivity contribution in [2.24, 2.45) is 7.05 Å². The van der Waals surface area contributed by atoms with Crippen LogP contribution in [0.4, 0.5) is 5.82 Å². The SMILES string of the molecule is Cn1c(=O)cc(OCCCC(=O)Nc2cc(-c3cn[nH]c3)ccn2)c2ccccc21. The zero-order valence-electron chi connectivity index (χ0n) is 16.5. The topological polar surface area (TPSA) is 102 Å². The van der Waals surface area contributed by atoms with Crippen molar-refractivity contribution in [3.05, 3.63) is 71.4 Å². The van der Waals surface area contributed by atoms with E-state index in [4.69, 9.17) is 4.74 Å². The number of nitrogens with one attached hydrogen (secondary N) is 2. The van der Waals surface area contributed by atoms with Crippen LogP contribution >= 0.6 is 0 Å². The Hall–Kier alpha value is -3.94. The van der Waals surface area contributed by atoms with Gasteiger partial charge in [-0.05, 0) is 36.2 Å². The Bertz CT molecular complexity index is 1230. The molecule has 0 aliphatic carbocycles. The maximum atomic E-state index is 12.3. The number of para-hydroxylation sites is 1. The van der Waals surface area contributed by atoms with E-state index in [1.807, 2.05) is 30.3 Å². The van der Waals surface area contributed by atoms with Gasteiger partial charge in [0.05, 0.1) is 18.3 Å². The molecule has 152 valence electrons. The second kappa shape index (κ2) is 8.60. The van der Waals surface area contributed by atoms with Crippen LogP contribution in [0.2, 0.25) is 0 Å². The average Bonchev–Trinajstić information content (AvgIpc) is 3.30. The summed E-state index contributed by atoms with van der Waals surface area (Å²) in [6.07, 6.45) is 5.91. The Labute approximate surface area is 172 Å². The van der Waals surface area contributed by atoms with E-state index >= 15 is 0 Å². The van der Waals surface area contributed by atoms with E-state index in [1.54, 1.807) is 36.3 Å². The monoisotopic (exact) mass is 403 g/mol. The van der Waals surface area contributed by atoms with Crippen LogP contribution in [0.15, 0.2) is 65.8 Å². The average molecular weight is 403 g/mol. The summed E-state index contributed by atoms with van der Waals surface area (Å²) in [5.41, 5.74) is 2.50. The Morgan fingerprint density at radius 3 is 2.90 bits per heavy atom. The standard InChI is InChI=1S/C22H21N5O3/c1-27-18-6-3-2-5-17(18)19(12-22(27)29)30-10-4-7-21(28)26-20-11-15(8-9-23-20)16-13-24-25-14-16/h2-3,5-6,8-9,11-14H,4,7,10H2,1H3,(H,24,25)(H,23,26,28). The van der Waals surface area contributed by atoms with Gasteiger partial charge in [0.2, 0.25) is 5.91 Å². The number of benzene rings is 1. The van der Waals surface area contributed by atoms with Crippen molar-refractivity contribution in [2.75, 3.05) is 11.9 Å². The molecule has 0 aliphatic rings. The molecular weight excluding hydrogens is 382 g/mol. The van der Waals surface area contributed by atoms with E-state index in [0.29, 0.717) is 24.6 Å². The molecule has 3 aromatic heterocycles. The van der Waals surface area contributed by atoms with Gasteiger partial charge < -0.3 is 14.6 Å². The van der Waals surface area contributed by atoms with Gasteiger partial charge >= 0.3 is 0 Å². The molecule has 4 rings (SSSR count). The van der Waals surface area contributed by atoms with Gasteiger partial charge in [-0.15, -0.1) is 0 Å². The molecule has 0 atom stereocenters. The lowest BCUT2D eigenvalue weighted by Crippen LogP contribution is -2.17. The van der Waals surface area contributed by atoms with Crippen LogP contribution in [0.3, 0.4) is 0 Å². The van der Waals surface area contributed by atoms with Crippen LogP contribution in [-0.4, -0.2) is 32.3 Å². The Morgan fingerprint density at radius 1 is 1.20 bits per heavy atom. The zero-order valence-corrected chi connectivity index (χ0v) is 16.5. The summed E-state index contributed by atoms with van der Waals surface area (Å²) >= 11 is 0. The zero-order chi connectivity index (χ0) is 20.9. The Morgan fingerprint density at radius 2 is 2.07 bits per heavy atom. The van der Waals surface area contributed by atoms with Gasteiger partial charge in [0, 0.05) is 42.9 Å². The number of amides is 1. The molecule has 0 aliphatic heterocycles. The second-order valence-corrected chi connectivity index (χ2v) is 6.84. The molecule has 8 nitrogen and oxygen atoms in total. The van der Waals surface area contributed by atoms with Crippen LogP contribution in [-0.2, 0) is 11.8 Å². The first-order valence-corrected chi connectivity index (χ1v) is 9.58. The van der Waals surface area contributed by atoms with Crippen molar-refractivity contribution < 1.29 is 9.53 Å². The second-order valence-electron chi connectivity index (χ2n) is 6.84. The number of carbonyl (C=O) groups is 1. The smallest absolute Gasteiger partial charge is 0.254 e. The van der Waals surface area contributed by atoms with E-state index in [0.717, 1.165) is 22.0 Å². The summed E-state index contributed by atoms with van der Waals surface area (Å²) in [7, 11) is 1.73. The maximum absolute atomic E-state index is 12.3. The summed E-state index contributed by atoms with van der Waals surface area (Å²) in [4.78, 5) is 28.6. The number of ether oxygens (including phenoxy) is 1. The first-order valence-electron chi connectivity index (χ1n) is 9.58. The summed E-state index contributed by atoms with van der Waals surface area (Å²) in [5.74, 6) is 0.866. The quantitative estimate of drug-likeness (QED) is 0.462. The van der Waals surface area contributed by atoms with Gasteiger partial charge in [0.15, 0.2) is 0 Å². The van der Waals surface area contributed by atoms with Crippen molar-refractivity contribution >= 4 is 22.6 Å². The van der Waals surface area contributed by atoms with Crippen molar-refractivity contribution in [1.29, 1.82) is 0 Å². The summed E-state index contributed by atoms with van der Waals surface area (Å²) in [6.45, 7) is 0.326.